The lowest BCUT2D eigenvalue weighted by Crippen LogP contribution is -2.75. The number of methoxy groups -OCH3 is 1. The number of hydrogen-bond donors (Lipinski definition) is 1. The van der Waals surface area contributed by atoms with Crippen LogP contribution in [0.2, 0.25) is 0 Å². The molecule has 9 nitrogen and oxygen atoms in total. The van der Waals surface area contributed by atoms with Gasteiger partial charge in [0.25, 0.3) is 0 Å². The fraction of sp³-hybridized carbons (Fsp3) is 0.375. The number of likely N-dealkylation sites (N-methyl/N-ethyl adjacent to an activating group) is 1. The van der Waals surface area contributed by atoms with Gasteiger partial charge in [0.05, 0.1) is 20.2 Å². The highest BCUT2D eigenvalue weighted by Crippen LogP contribution is 2.27. The Labute approximate surface area is 193 Å². The van der Waals surface area contributed by atoms with E-state index < -0.39 is 12.2 Å². The molecule has 2 aliphatic heterocycles. The molecule has 0 spiro atoms. The molecule has 0 saturated carbocycles. The monoisotopic (exact) mass is 451 g/mol. The van der Waals surface area contributed by atoms with Crippen molar-refractivity contribution in [3.05, 3.63) is 65.7 Å². The van der Waals surface area contributed by atoms with Crippen molar-refractivity contribution in [2.75, 3.05) is 27.2 Å². The molecule has 174 valence electrons. The van der Waals surface area contributed by atoms with E-state index in [9.17, 15) is 14.4 Å². The second-order valence-electron chi connectivity index (χ2n) is 8.33. The van der Waals surface area contributed by atoms with E-state index >= 15 is 0 Å². The Kier molecular flexibility index (Phi) is 6.50. The van der Waals surface area contributed by atoms with Crippen molar-refractivity contribution in [3.63, 3.8) is 0 Å². The van der Waals surface area contributed by atoms with Crippen molar-refractivity contribution in [1.29, 1.82) is 0 Å². The molecule has 33 heavy (non-hydrogen) atoms. The molecule has 2 saturated heterocycles. The summed E-state index contributed by atoms with van der Waals surface area (Å²) in [5, 5.41) is 6.11. The number of urea groups is 1. The van der Waals surface area contributed by atoms with E-state index in [0.29, 0.717) is 13.1 Å². The molecule has 0 bridgehead atoms. The van der Waals surface area contributed by atoms with Gasteiger partial charge in [-0.25, -0.2) is 14.8 Å². The summed E-state index contributed by atoms with van der Waals surface area (Å²) >= 11 is 0. The van der Waals surface area contributed by atoms with Gasteiger partial charge in [-0.15, -0.1) is 0 Å². The Morgan fingerprint density at radius 1 is 1.06 bits per heavy atom. The summed E-state index contributed by atoms with van der Waals surface area (Å²) in [5.41, 5.74) is 1.92. The van der Waals surface area contributed by atoms with Crippen molar-refractivity contribution in [2.24, 2.45) is 0 Å². The van der Waals surface area contributed by atoms with Crippen LogP contribution in [0, 0.1) is 0 Å². The number of benzene rings is 2. The maximum atomic E-state index is 13.2. The number of fused-ring (bicyclic) bond motifs is 1. The molecule has 0 aromatic heterocycles. The minimum Gasteiger partial charge on any atom is -0.497 e. The molecule has 2 aliphatic rings. The second-order valence-corrected chi connectivity index (χ2v) is 8.33. The summed E-state index contributed by atoms with van der Waals surface area (Å²) in [7, 11) is 3.32. The highest BCUT2D eigenvalue weighted by atomic mass is 16.5. The topological polar surface area (TPSA) is 85.4 Å². The van der Waals surface area contributed by atoms with Gasteiger partial charge in [0.15, 0.2) is 0 Å². The number of hydrazine groups is 1. The maximum Gasteiger partial charge on any atom is 0.334 e. The van der Waals surface area contributed by atoms with Gasteiger partial charge in [-0.1, -0.05) is 42.5 Å². The van der Waals surface area contributed by atoms with Crippen LogP contribution in [-0.4, -0.2) is 77.1 Å². The van der Waals surface area contributed by atoms with Gasteiger partial charge in [0, 0.05) is 20.1 Å². The zero-order chi connectivity index (χ0) is 23.5. The highest BCUT2D eigenvalue weighted by Gasteiger charge is 2.49. The van der Waals surface area contributed by atoms with Crippen LogP contribution in [0.25, 0.3) is 0 Å². The number of ether oxygens (including phenoxy) is 1. The Morgan fingerprint density at radius 3 is 2.42 bits per heavy atom. The molecular formula is C24H29N5O4. The zero-order valence-corrected chi connectivity index (χ0v) is 19.1. The van der Waals surface area contributed by atoms with Crippen molar-refractivity contribution >= 4 is 17.8 Å². The number of carbonyl (C=O) groups excluding carboxylic acids is 3. The van der Waals surface area contributed by atoms with Crippen LogP contribution in [0.3, 0.4) is 0 Å². The number of nitrogens with one attached hydrogen (secondary N) is 1. The fourth-order valence-electron chi connectivity index (χ4n) is 4.41. The first-order valence-electron chi connectivity index (χ1n) is 10.9. The first kappa shape index (κ1) is 22.6. The van der Waals surface area contributed by atoms with Crippen molar-refractivity contribution in [2.45, 2.75) is 32.2 Å². The van der Waals surface area contributed by atoms with Crippen molar-refractivity contribution in [3.8, 4) is 5.75 Å². The molecule has 2 fully saturated rings. The summed E-state index contributed by atoms with van der Waals surface area (Å²) in [4.78, 5) is 42.3. The Bertz CT molecular complexity index is 1010. The molecule has 2 aromatic rings. The summed E-state index contributed by atoms with van der Waals surface area (Å²) in [6.45, 7) is 2.73. The van der Waals surface area contributed by atoms with Gasteiger partial charge >= 0.3 is 6.03 Å². The SMILES string of the molecule is COc1ccc(CN2C[C@H]3N(C(=O)CN(C)N3C(=O)NCc3ccccc3)[C@@H](C)C2=O)cc1. The molecule has 4 amide bonds. The van der Waals surface area contributed by atoms with Crippen LogP contribution in [0.5, 0.6) is 5.75 Å². The number of carbonyl (C=O) groups is 3. The predicted molar refractivity (Wildman–Crippen MR) is 122 cm³/mol. The third-order valence-electron chi connectivity index (χ3n) is 6.12. The van der Waals surface area contributed by atoms with Gasteiger partial charge in [-0.2, -0.15) is 0 Å². The second kappa shape index (κ2) is 9.50. The van der Waals surface area contributed by atoms with E-state index in [4.69, 9.17) is 4.74 Å². The number of piperazine rings is 1. The van der Waals surface area contributed by atoms with Crippen LogP contribution in [0.4, 0.5) is 4.79 Å². The van der Waals surface area contributed by atoms with Crippen LogP contribution < -0.4 is 10.1 Å². The fourth-order valence-corrected chi connectivity index (χ4v) is 4.41. The third-order valence-corrected chi connectivity index (χ3v) is 6.12. The van der Waals surface area contributed by atoms with Crippen LogP contribution in [0.1, 0.15) is 18.1 Å². The molecule has 2 atom stereocenters. The highest BCUT2D eigenvalue weighted by molar-refractivity contribution is 5.91. The minimum absolute atomic E-state index is 0.0331. The smallest absolute Gasteiger partial charge is 0.334 e. The number of amides is 4. The van der Waals surface area contributed by atoms with Crippen molar-refractivity contribution in [1.82, 2.24) is 25.1 Å². The summed E-state index contributed by atoms with van der Waals surface area (Å²) in [5.74, 6) is 0.438. The van der Waals surface area contributed by atoms with Gasteiger partial charge in [-0.3, -0.25) is 9.59 Å². The molecule has 0 aliphatic carbocycles. The molecule has 9 heteroatoms. The molecule has 2 heterocycles. The summed E-state index contributed by atoms with van der Waals surface area (Å²) in [6.07, 6.45) is -0.585. The first-order valence-corrected chi connectivity index (χ1v) is 10.9. The lowest BCUT2D eigenvalue weighted by molar-refractivity contribution is -0.186. The molecule has 4 rings (SSSR count). The Balaban J connectivity index is 1.53. The zero-order valence-electron chi connectivity index (χ0n) is 19.1. The van der Waals surface area contributed by atoms with Crippen LogP contribution in [0.15, 0.2) is 54.6 Å². The van der Waals surface area contributed by atoms with Gasteiger partial charge < -0.3 is 19.9 Å². The normalized spacial score (nSPS) is 21.1. The molecule has 0 radical (unpaired) electrons. The van der Waals surface area contributed by atoms with E-state index in [1.807, 2.05) is 54.6 Å². The summed E-state index contributed by atoms with van der Waals surface area (Å²) in [6, 6.07) is 16.2. The molecule has 2 aromatic carbocycles. The van der Waals surface area contributed by atoms with E-state index in [-0.39, 0.29) is 30.9 Å². The molecule has 1 N–H and O–H groups in total. The average molecular weight is 452 g/mol. The number of hydrogen-bond acceptors (Lipinski definition) is 5. The average Bonchev–Trinajstić information content (AvgIpc) is 2.81. The molecular weight excluding hydrogens is 422 g/mol. The van der Waals surface area contributed by atoms with E-state index in [2.05, 4.69) is 5.32 Å². The number of rotatable bonds is 5. The van der Waals surface area contributed by atoms with Gasteiger partial charge in [0.2, 0.25) is 11.8 Å². The van der Waals surface area contributed by atoms with E-state index in [0.717, 1.165) is 16.9 Å². The first-order chi connectivity index (χ1) is 15.9. The Hall–Kier alpha value is -3.59. The van der Waals surface area contributed by atoms with Crippen LogP contribution >= 0.6 is 0 Å². The lowest BCUT2D eigenvalue weighted by atomic mass is 10.1. The minimum atomic E-state index is -0.660. The Morgan fingerprint density at radius 2 is 1.76 bits per heavy atom. The molecule has 0 unspecified atom stereocenters. The summed E-state index contributed by atoms with van der Waals surface area (Å²) < 4.78 is 5.21. The van der Waals surface area contributed by atoms with Gasteiger partial charge in [-0.05, 0) is 30.2 Å². The van der Waals surface area contributed by atoms with Crippen LogP contribution in [-0.2, 0) is 22.7 Å². The lowest BCUT2D eigenvalue weighted by Gasteiger charge is -2.53. The van der Waals surface area contributed by atoms with E-state index in [1.54, 1.807) is 36.0 Å². The largest absolute Gasteiger partial charge is 0.497 e. The third kappa shape index (κ3) is 4.63. The quantitative estimate of drug-likeness (QED) is 0.747. The number of nitrogens with zero attached hydrogens (tertiary/aromatic N) is 4. The van der Waals surface area contributed by atoms with Crippen molar-refractivity contribution < 1.29 is 19.1 Å². The van der Waals surface area contributed by atoms with Gasteiger partial charge in [0.1, 0.15) is 18.0 Å². The predicted octanol–water partition coefficient (Wildman–Crippen LogP) is 1.65. The van der Waals surface area contributed by atoms with E-state index in [1.165, 1.54) is 4.90 Å². The maximum absolute atomic E-state index is 13.2. The standard InChI is InChI=1S/C24H29N5O4/c1-17-23(31)27(14-19-9-11-20(33-3)12-10-19)15-21-28(17)22(30)16-26(2)29(21)24(32)25-13-18-7-5-4-6-8-18/h4-12,17,21H,13-16H2,1-3H3,(H,25,32)/t17-,21-/m0/s1.